The summed E-state index contributed by atoms with van der Waals surface area (Å²) in [5, 5.41) is 0.985. The zero-order valence-electron chi connectivity index (χ0n) is 13.0. The Morgan fingerprint density at radius 2 is 2.13 bits per heavy atom. The molecule has 0 unspecified atom stereocenters. The molecule has 23 heavy (non-hydrogen) atoms. The zero-order chi connectivity index (χ0) is 15.8. The first kappa shape index (κ1) is 14.7. The summed E-state index contributed by atoms with van der Waals surface area (Å²) in [6, 6.07) is 5.91. The highest BCUT2D eigenvalue weighted by molar-refractivity contribution is 7.22. The quantitative estimate of drug-likeness (QED) is 0.854. The Morgan fingerprint density at radius 1 is 1.35 bits per heavy atom. The Bertz CT molecular complexity index is 720. The van der Waals surface area contributed by atoms with Gasteiger partial charge in [-0.05, 0) is 18.2 Å². The van der Waals surface area contributed by atoms with Gasteiger partial charge >= 0.3 is 0 Å². The third-order valence-corrected chi connectivity index (χ3v) is 5.49. The average molecular weight is 333 g/mol. The number of amides is 1. The third-order valence-electron chi connectivity index (χ3n) is 4.41. The van der Waals surface area contributed by atoms with Crippen LogP contribution in [0.15, 0.2) is 18.2 Å². The second-order valence-electron chi connectivity index (χ2n) is 5.87. The molecule has 0 saturated carbocycles. The van der Waals surface area contributed by atoms with Gasteiger partial charge in [0.15, 0.2) is 5.13 Å². The highest BCUT2D eigenvalue weighted by Crippen LogP contribution is 2.35. The number of aromatic nitrogens is 1. The van der Waals surface area contributed by atoms with Crippen molar-refractivity contribution in [1.29, 1.82) is 0 Å². The summed E-state index contributed by atoms with van der Waals surface area (Å²) in [5.41, 5.74) is 0.980. The van der Waals surface area contributed by atoms with Crippen LogP contribution in [0.25, 0.3) is 10.2 Å². The van der Waals surface area contributed by atoms with Crippen molar-refractivity contribution >= 4 is 32.6 Å². The van der Waals surface area contributed by atoms with Crippen LogP contribution in [0.4, 0.5) is 5.13 Å². The van der Waals surface area contributed by atoms with Gasteiger partial charge in [-0.3, -0.25) is 4.79 Å². The van der Waals surface area contributed by atoms with Crippen molar-refractivity contribution in [2.45, 2.75) is 0 Å². The number of carbonyl (C=O) groups is 1. The van der Waals surface area contributed by atoms with Gasteiger partial charge in [0.25, 0.3) is 0 Å². The van der Waals surface area contributed by atoms with Gasteiger partial charge in [-0.1, -0.05) is 11.3 Å². The van der Waals surface area contributed by atoms with Gasteiger partial charge in [-0.15, -0.1) is 0 Å². The average Bonchev–Trinajstić information content (AvgIpc) is 2.96. The number of fused-ring (bicyclic) bond motifs is 1. The summed E-state index contributed by atoms with van der Waals surface area (Å²) >= 11 is 1.65. The summed E-state index contributed by atoms with van der Waals surface area (Å²) in [4.78, 5) is 21.2. The fraction of sp³-hybridized carbons (Fsp3) is 0.500. The van der Waals surface area contributed by atoms with E-state index in [1.54, 1.807) is 18.4 Å². The van der Waals surface area contributed by atoms with Crippen molar-refractivity contribution in [1.82, 2.24) is 9.88 Å². The first-order chi connectivity index (χ1) is 11.2. The predicted molar refractivity (Wildman–Crippen MR) is 89.3 cm³/mol. The molecule has 1 amide bonds. The Labute approximate surface area is 138 Å². The predicted octanol–water partition coefficient (Wildman–Crippen LogP) is 1.60. The molecule has 2 aliphatic rings. The van der Waals surface area contributed by atoms with Crippen molar-refractivity contribution in [3.05, 3.63) is 18.2 Å². The standard InChI is InChI=1S/C16H19N3O3S/c1-21-12-2-3-13-14(8-12)23-16(17-13)19-9-11(10-19)15(20)18-4-6-22-7-5-18/h2-3,8,11H,4-7,9-10H2,1H3. The Morgan fingerprint density at radius 3 is 2.87 bits per heavy atom. The van der Waals surface area contributed by atoms with Crippen LogP contribution < -0.4 is 9.64 Å². The zero-order valence-corrected chi connectivity index (χ0v) is 13.8. The van der Waals surface area contributed by atoms with Crippen LogP contribution in [0.2, 0.25) is 0 Å². The second kappa shape index (κ2) is 5.98. The largest absolute Gasteiger partial charge is 0.497 e. The summed E-state index contributed by atoms with van der Waals surface area (Å²) in [5.74, 6) is 1.19. The van der Waals surface area contributed by atoms with E-state index in [1.165, 1.54) is 0 Å². The molecule has 0 bridgehead atoms. The Kier molecular flexibility index (Phi) is 3.82. The molecule has 0 N–H and O–H groups in total. The van der Waals surface area contributed by atoms with Crippen LogP contribution in [0.3, 0.4) is 0 Å². The highest BCUT2D eigenvalue weighted by Gasteiger charge is 2.37. The number of rotatable bonds is 3. The SMILES string of the molecule is COc1ccc2nc(N3CC(C(=O)N4CCOCC4)C3)sc2c1. The van der Waals surface area contributed by atoms with E-state index in [2.05, 4.69) is 9.88 Å². The molecule has 0 spiro atoms. The first-order valence-electron chi connectivity index (χ1n) is 7.80. The van der Waals surface area contributed by atoms with Gasteiger partial charge in [0.2, 0.25) is 5.91 Å². The fourth-order valence-electron chi connectivity index (χ4n) is 2.99. The number of ether oxygens (including phenoxy) is 2. The van der Waals surface area contributed by atoms with Gasteiger partial charge in [0, 0.05) is 26.2 Å². The molecule has 4 rings (SSSR count). The molecule has 2 fully saturated rings. The Balaban J connectivity index is 1.42. The molecule has 1 aromatic carbocycles. The first-order valence-corrected chi connectivity index (χ1v) is 8.62. The summed E-state index contributed by atoms with van der Waals surface area (Å²) in [6.07, 6.45) is 0. The van der Waals surface area contributed by atoms with Crippen LogP contribution in [0.5, 0.6) is 5.75 Å². The maximum absolute atomic E-state index is 12.4. The normalized spacial score (nSPS) is 19.0. The molecule has 6 nitrogen and oxygen atoms in total. The van der Waals surface area contributed by atoms with Crippen LogP contribution in [0.1, 0.15) is 0 Å². The van der Waals surface area contributed by atoms with Crippen molar-refractivity contribution in [3.8, 4) is 5.75 Å². The summed E-state index contributed by atoms with van der Waals surface area (Å²) in [7, 11) is 1.67. The number of benzene rings is 1. The number of thiazole rings is 1. The van der Waals surface area contributed by atoms with Crippen LogP contribution in [0, 0.1) is 5.92 Å². The molecule has 122 valence electrons. The van der Waals surface area contributed by atoms with Gasteiger partial charge < -0.3 is 19.3 Å². The molecular weight excluding hydrogens is 314 g/mol. The number of nitrogens with zero attached hydrogens (tertiary/aromatic N) is 3. The van der Waals surface area contributed by atoms with Gasteiger partial charge in [0.1, 0.15) is 5.75 Å². The van der Waals surface area contributed by atoms with E-state index in [9.17, 15) is 4.79 Å². The van der Waals surface area contributed by atoms with Crippen molar-refractivity contribution in [2.75, 3.05) is 51.4 Å². The van der Waals surface area contributed by atoms with E-state index < -0.39 is 0 Å². The summed E-state index contributed by atoms with van der Waals surface area (Å²) in [6.45, 7) is 4.26. The number of morpholine rings is 1. The molecule has 2 aliphatic heterocycles. The fourth-order valence-corrected chi connectivity index (χ4v) is 4.00. The smallest absolute Gasteiger partial charge is 0.229 e. The number of methoxy groups -OCH3 is 1. The number of anilines is 1. The van der Waals surface area contributed by atoms with Crippen LogP contribution in [-0.2, 0) is 9.53 Å². The summed E-state index contributed by atoms with van der Waals surface area (Å²) < 4.78 is 11.7. The van der Waals surface area contributed by atoms with Crippen LogP contribution in [-0.4, -0.2) is 62.3 Å². The van der Waals surface area contributed by atoms with Crippen molar-refractivity contribution < 1.29 is 14.3 Å². The van der Waals surface area contributed by atoms with E-state index in [4.69, 9.17) is 9.47 Å². The maximum Gasteiger partial charge on any atom is 0.229 e. The topological polar surface area (TPSA) is 54.9 Å². The minimum absolute atomic E-state index is 0.0923. The van der Waals surface area contributed by atoms with E-state index in [0.29, 0.717) is 13.2 Å². The van der Waals surface area contributed by atoms with E-state index >= 15 is 0 Å². The lowest BCUT2D eigenvalue weighted by atomic mass is 9.99. The van der Waals surface area contributed by atoms with Crippen LogP contribution >= 0.6 is 11.3 Å². The number of hydrogen-bond donors (Lipinski definition) is 0. The number of hydrogen-bond acceptors (Lipinski definition) is 6. The third kappa shape index (κ3) is 2.74. The van der Waals surface area contributed by atoms with E-state index in [-0.39, 0.29) is 11.8 Å². The van der Waals surface area contributed by atoms with Gasteiger partial charge in [-0.25, -0.2) is 4.98 Å². The second-order valence-corrected chi connectivity index (χ2v) is 6.88. The van der Waals surface area contributed by atoms with Gasteiger partial charge in [-0.2, -0.15) is 0 Å². The van der Waals surface area contributed by atoms with Crippen molar-refractivity contribution in [3.63, 3.8) is 0 Å². The minimum atomic E-state index is 0.0923. The molecular formula is C16H19N3O3S. The lowest BCUT2D eigenvalue weighted by Crippen LogP contribution is -2.56. The molecule has 7 heteroatoms. The number of carbonyl (C=O) groups excluding carboxylic acids is 1. The molecule has 1 aromatic heterocycles. The monoisotopic (exact) mass is 333 g/mol. The lowest BCUT2D eigenvalue weighted by molar-refractivity contribution is -0.140. The van der Waals surface area contributed by atoms with E-state index in [1.807, 2.05) is 23.1 Å². The van der Waals surface area contributed by atoms with Crippen molar-refractivity contribution in [2.24, 2.45) is 5.92 Å². The van der Waals surface area contributed by atoms with Gasteiger partial charge in [0.05, 0.1) is 36.5 Å². The molecule has 2 saturated heterocycles. The molecule has 0 atom stereocenters. The Hall–Kier alpha value is -1.86. The van der Waals surface area contributed by atoms with E-state index in [0.717, 1.165) is 47.3 Å². The molecule has 0 aliphatic carbocycles. The molecule has 0 radical (unpaired) electrons. The minimum Gasteiger partial charge on any atom is -0.497 e. The molecule has 2 aromatic rings. The maximum atomic E-state index is 12.4. The highest BCUT2D eigenvalue weighted by atomic mass is 32.1. The molecule has 3 heterocycles. The lowest BCUT2D eigenvalue weighted by Gasteiger charge is -2.41.